The third kappa shape index (κ3) is 21.7. The van der Waals surface area contributed by atoms with Crippen molar-refractivity contribution in [1.82, 2.24) is 58.8 Å². The first-order chi connectivity index (χ1) is 66.9. The molecule has 5 aliphatic carbocycles. The average Bonchev–Trinajstić information content (AvgIpc) is 1.61. The average molecular weight is 1900 g/mol. The van der Waals surface area contributed by atoms with E-state index < -0.39 is 23.0 Å². The second kappa shape index (κ2) is 40.0. The third-order valence-electron chi connectivity index (χ3n) is 30.3. The Hall–Kier alpha value is -12.4. The molecule has 140 heavy (non-hydrogen) atoms. The molecule has 0 unspecified atom stereocenters. The van der Waals surface area contributed by atoms with E-state index in [0.29, 0.717) is 76.1 Å². The number of aromatic nitrogens is 12. The molecule has 5 aliphatic rings. The zero-order valence-electron chi connectivity index (χ0n) is 84.2. The van der Waals surface area contributed by atoms with Crippen molar-refractivity contribution < 1.29 is 50.6 Å². The molecule has 0 amide bonds. The standard InChI is InChI=1S/C31H38FN3O2.C29H33FN4O.C29H34FN3O2.C27H29N3O3/c1-20-28(21(2)37-34-20)25-15-27-29(33-16-25)26(18-35(27)17-22-11-13-31(6,32)14-12-22)24-9-7-23(8-10-24)19-36-30(3,4)5;1-18-26(19(2)35-33-18)22-14-25-27(32-15-22)24(21-4-6-23(7-5-21)29(31)12-13-29)17-34(25)16-20-8-10-28(3,30)11-9-20;1-5-34-18-22-6-8-23(9-7-22)25-17-33(16-21-10-12-29(4,30)13-11-21)26-14-24(15-31-28(25)26)27-19(2)32-35-20(27)3;1-17-24(18(2)33-29-17)21-13-23-25(28-14-21)22(19-7-9-20(10-8-19)26(31)32)15-30(23)16-27(3)11-5-4-6-12-27/h7-10,15-16,18,22H,11-14,17,19H2,1-6H3;4-7,14-15,17,20H,8-13,16,31H2,1-3H3;6-9,14-15,17,21H,5,10-13,16,18H2,1-4H3;7-10,13-15H,4-6,11-12,16H2,1-3H3,(H,31,32). The van der Waals surface area contributed by atoms with Gasteiger partial charge in [0.2, 0.25) is 0 Å². The molecule has 12 aromatic heterocycles. The van der Waals surface area contributed by atoms with Crippen LogP contribution in [0.3, 0.4) is 0 Å². The number of carboxylic acid groups (broad SMARTS) is 1. The highest BCUT2D eigenvalue weighted by atomic mass is 19.2. The summed E-state index contributed by atoms with van der Waals surface area (Å²) in [6, 6.07) is 41.6. The number of carboxylic acids is 1. The number of alkyl halides is 3. The van der Waals surface area contributed by atoms with Crippen molar-refractivity contribution in [2.45, 2.75) is 300 Å². The number of carbonyl (C=O) groups is 1. The number of aryl methyl sites for hydroxylation is 8. The van der Waals surface area contributed by atoms with Crippen molar-refractivity contribution in [1.29, 1.82) is 0 Å². The van der Waals surface area contributed by atoms with Crippen molar-refractivity contribution in [3.8, 4) is 89.0 Å². The van der Waals surface area contributed by atoms with Crippen LogP contribution in [0.5, 0.6) is 0 Å². The number of nitrogens with two attached hydrogens (primary N) is 1. The van der Waals surface area contributed by atoms with Crippen molar-refractivity contribution in [2.75, 3.05) is 6.61 Å². The Kier molecular flexibility index (Phi) is 27.9. The lowest BCUT2D eigenvalue weighted by atomic mass is 9.75. The lowest BCUT2D eigenvalue weighted by Crippen LogP contribution is -2.27. The van der Waals surface area contributed by atoms with Gasteiger partial charge >= 0.3 is 5.97 Å². The van der Waals surface area contributed by atoms with Gasteiger partial charge in [0.25, 0.3) is 0 Å². The summed E-state index contributed by atoms with van der Waals surface area (Å²) in [6.45, 7) is 36.8. The van der Waals surface area contributed by atoms with Gasteiger partial charge < -0.3 is 56.7 Å². The smallest absolute Gasteiger partial charge is 0.335 e. The molecule has 0 radical (unpaired) electrons. The van der Waals surface area contributed by atoms with Gasteiger partial charge in [-0.25, -0.2) is 18.0 Å². The summed E-state index contributed by atoms with van der Waals surface area (Å²) in [5, 5.41) is 25.8. The van der Waals surface area contributed by atoms with E-state index in [1.807, 2.05) is 99.2 Å². The summed E-state index contributed by atoms with van der Waals surface area (Å²) in [5.41, 5.74) is 35.4. The monoisotopic (exact) mass is 1890 g/mol. The molecule has 0 bridgehead atoms. The van der Waals surface area contributed by atoms with Crippen LogP contribution < -0.4 is 5.73 Å². The van der Waals surface area contributed by atoms with Gasteiger partial charge in [-0.05, 0) is 305 Å². The topological polar surface area (TPSA) is 257 Å². The first kappa shape index (κ1) is 97.8. The van der Waals surface area contributed by atoms with Gasteiger partial charge in [0.05, 0.1) is 91.3 Å². The number of rotatable bonds is 23. The summed E-state index contributed by atoms with van der Waals surface area (Å²) < 4.78 is 85.8. The molecule has 16 aromatic rings. The Morgan fingerprint density at radius 2 is 0.714 bits per heavy atom. The number of hydrogen-bond acceptors (Lipinski definition) is 16. The molecule has 24 heteroatoms. The van der Waals surface area contributed by atoms with E-state index in [1.54, 1.807) is 32.9 Å². The molecular formula is C116H134F3N13O8. The van der Waals surface area contributed by atoms with Gasteiger partial charge in [0.1, 0.15) is 40.0 Å². The van der Waals surface area contributed by atoms with Crippen LogP contribution in [0.25, 0.3) is 133 Å². The highest BCUT2D eigenvalue weighted by Gasteiger charge is 2.41. The third-order valence-corrected chi connectivity index (χ3v) is 30.3. The summed E-state index contributed by atoms with van der Waals surface area (Å²) in [4.78, 5) is 31.0. The molecule has 5 saturated carbocycles. The summed E-state index contributed by atoms with van der Waals surface area (Å²) in [7, 11) is 0. The molecule has 5 fully saturated rings. The molecule has 732 valence electrons. The number of pyridine rings is 4. The first-order valence-electron chi connectivity index (χ1n) is 50.3. The first-order valence-corrected chi connectivity index (χ1v) is 50.3. The molecule has 0 spiro atoms. The van der Waals surface area contributed by atoms with Gasteiger partial charge in [-0.1, -0.05) is 132 Å². The van der Waals surface area contributed by atoms with Gasteiger partial charge in [-0.15, -0.1) is 0 Å². The fourth-order valence-corrected chi connectivity index (χ4v) is 21.7. The molecular weight excluding hydrogens is 1760 g/mol. The molecule has 0 atom stereocenters. The molecule has 0 aliphatic heterocycles. The van der Waals surface area contributed by atoms with E-state index in [4.69, 9.17) is 53.2 Å². The fourth-order valence-electron chi connectivity index (χ4n) is 21.7. The van der Waals surface area contributed by atoms with Crippen molar-refractivity contribution in [3.05, 3.63) is 239 Å². The van der Waals surface area contributed by atoms with E-state index in [1.165, 1.54) is 37.7 Å². The summed E-state index contributed by atoms with van der Waals surface area (Å²) >= 11 is 0. The highest BCUT2D eigenvalue weighted by molar-refractivity contribution is 5.99. The van der Waals surface area contributed by atoms with E-state index in [9.17, 15) is 23.1 Å². The molecule has 21 nitrogen and oxygen atoms in total. The fraction of sp³-hybridized carbons (Fsp3) is 0.440. The van der Waals surface area contributed by atoms with Crippen LogP contribution in [0.2, 0.25) is 0 Å². The highest BCUT2D eigenvalue weighted by Crippen LogP contribution is 2.48. The Bertz CT molecular complexity index is 7020. The SMILES string of the molecule is CCOCc1ccc(-c2cn(CC3CCC(C)(F)CC3)c3cc(-c4c(C)noc4C)cnc23)cc1.Cc1noc(C)c1-c1cnc2c(-c3ccc(C(=O)O)cc3)cn(CC3(C)CCCCC3)c2c1.Cc1noc(C)c1-c1cnc2c(-c3ccc(C4(N)CC4)cc3)cn(CC3CCC(C)(F)CC3)c2c1.Cc1noc(C)c1-c1cnc2c(-c3ccc(COC(C)(C)C)cc3)cn(CC3CCC(C)(F)CC3)c2c1. The van der Waals surface area contributed by atoms with Crippen LogP contribution in [0, 0.1) is 78.6 Å². The Morgan fingerprint density at radius 3 is 1.01 bits per heavy atom. The Balaban J connectivity index is 0.000000124. The number of benzene rings is 4. The largest absolute Gasteiger partial charge is 0.478 e. The Labute approximate surface area is 818 Å². The predicted octanol–water partition coefficient (Wildman–Crippen LogP) is 29.1. The Morgan fingerprint density at radius 1 is 0.414 bits per heavy atom. The van der Waals surface area contributed by atoms with E-state index in [0.717, 1.165) is 268 Å². The van der Waals surface area contributed by atoms with Gasteiger partial charge in [0.15, 0.2) is 0 Å². The van der Waals surface area contributed by atoms with Gasteiger partial charge in [-0.2, -0.15) is 0 Å². The number of halogens is 3. The zero-order valence-corrected chi connectivity index (χ0v) is 84.2. The normalized spacial score (nSPS) is 20.2. The van der Waals surface area contributed by atoms with Gasteiger partial charge in [0, 0.05) is 155 Å². The number of nitrogens with zero attached hydrogens (tertiary/aromatic N) is 12. The molecule has 12 heterocycles. The van der Waals surface area contributed by atoms with Crippen LogP contribution >= 0.6 is 0 Å². The van der Waals surface area contributed by atoms with Crippen LogP contribution in [-0.2, 0) is 54.4 Å². The second-order valence-electron chi connectivity index (χ2n) is 42.9. The zero-order chi connectivity index (χ0) is 98.5. The van der Waals surface area contributed by atoms with Crippen LogP contribution in [-0.4, -0.2) is 99.1 Å². The number of aromatic carboxylic acids is 1. The molecule has 21 rings (SSSR count). The minimum Gasteiger partial charge on any atom is -0.478 e. The predicted molar refractivity (Wildman–Crippen MR) is 548 cm³/mol. The van der Waals surface area contributed by atoms with E-state index in [2.05, 4.69) is 188 Å². The minimum absolute atomic E-state index is 0.139. The van der Waals surface area contributed by atoms with E-state index >= 15 is 0 Å². The van der Waals surface area contributed by atoms with Gasteiger partial charge in [-0.3, -0.25) is 19.9 Å². The molecule has 0 saturated heterocycles. The summed E-state index contributed by atoms with van der Waals surface area (Å²) in [6.07, 6.45) is 34.2. The lowest BCUT2D eigenvalue weighted by Gasteiger charge is -2.34. The van der Waals surface area contributed by atoms with Crippen LogP contribution in [0.15, 0.2) is 189 Å². The van der Waals surface area contributed by atoms with Crippen molar-refractivity contribution >= 4 is 50.1 Å². The van der Waals surface area contributed by atoms with Crippen LogP contribution in [0.1, 0.15) is 250 Å². The summed E-state index contributed by atoms with van der Waals surface area (Å²) in [5.74, 6) is 3.61. The maximum atomic E-state index is 14.5. The molecule has 3 N–H and O–H groups in total. The second-order valence-corrected chi connectivity index (χ2v) is 42.9. The number of hydrogen-bond donors (Lipinski definition) is 2. The number of ether oxygens (including phenoxy) is 2. The van der Waals surface area contributed by atoms with Crippen molar-refractivity contribution in [2.24, 2.45) is 28.9 Å². The quantitative estimate of drug-likeness (QED) is 0.0603. The maximum absolute atomic E-state index is 14.5. The van der Waals surface area contributed by atoms with Crippen LogP contribution in [0.4, 0.5) is 13.2 Å². The van der Waals surface area contributed by atoms with E-state index in [-0.39, 0.29) is 22.1 Å². The maximum Gasteiger partial charge on any atom is 0.335 e. The number of fused-ring (bicyclic) bond motifs is 4. The van der Waals surface area contributed by atoms with Crippen molar-refractivity contribution in [3.63, 3.8) is 0 Å². The lowest BCUT2D eigenvalue weighted by molar-refractivity contribution is -0.0149. The minimum atomic E-state index is -1.03. The molecule has 4 aromatic carbocycles.